The van der Waals surface area contributed by atoms with Crippen LogP contribution < -0.4 is 0 Å². The Hall–Kier alpha value is -0.750. The highest BCUT2D eigenvalue weighted by Gasteiger charge is 2.11. The molecule has 0 atom stereocenters. The van der Waals surface area contributed by atoms with E-state index in [2.05, 4.69) is 20.9 Å². The van der Waals surface area contributed by atoms with Crippen molar-refractivity contribution in [2.45, 2.75) is 39.2 Å². The van der Waals surface area contributed by atoms with Crippen molar-refractivity contribution in [3.05, 3.63) is 10.5 Å². The summed E-state index contributed by atoms with van der Waals surface area (Å²) in [5.41, 5.74) is 3.21. The minimum absolute atomic E-state index is 0.815. The molecule has 0 aliphatic carbocycles. The molecule has 2 aromatic heterocycles. The summed E-state index contributed by atoms with van der Waals surface area (Å²) < 4.78 is 4.92. The van der Waals surface area contributed by atoms with Gasteiger partial charge in [0.1, 0.15) is 5.52 Å². The molecule has 0 unspecified atom stereocenters. The number of unbranched alkanes of at least 4 members (excludes halogenated alkanes) is 3. The Balaban J connectivity index is 2.00. The molecule has 0 aromatic carbocycles. The van der Waals surface area contributed by atoms with Gasteiger partial charge in [0.05, 0.1) is 5.69 Å². The lowest BCUT2D eigenvalue weighted by Crippen LogP contribution is -2.03. The van der Waals surface area contributed by atoms with E-state index >= 15 is 0 Å². The van der Waals surface area contributed by atoms with Gasteiger partial charge in [-0.15, -0.1) is 0 Å². The Bertz CT molecular complexity index is 594. The molecule has 0 radical (unpaired) electrons. The number of nitrogens with zero attached hydrogens (tertiary/aromatic N) is 3. The molecule has 1 N–H and O–H groups in total. The zero-order valence-corrected chi connectivity index (χ0v) is 13.5. The molecule has 2 rings (SSSR count). The van der Waals surface area contributed by atoms with Crippen LogP contribution in [0.5, 0.6) is 0 Å². The Morgan fingerprint density at radius 2 is 2.00 bits per heavy atom. The maximum atomic E-state index is 5.41. The summed E-state index contributed by atoms with van der Waals surface area (Å²) in [6.07, 6.45) is 7.25. The summed E-state index contributed by atoms with van der Waals surface area (Å²) in [5.74, 6) is 1.27. The van der Waals surface area contributed by atoms with Crippen molar-refractivity contribution in [2.24, 2.45) is 7.05 Å². The lowest BCUT2D eigenvalue weighted by Gasteiger charge is -2.05. The quantitative estimate of drug-likeness (QED) is 0.626. The first-order valence-corrected chi connectivity index (χ1v) is 8.56. The second kappa shape index (κ2) is 6.61. The maximum Gasteiger partial charge on any atom is 0.179 e. The van der Waals surface area contributed by atoms with Crippen molar-refractivity contribution in [3.63, 3.8) is 0 Å². The van der Waals surface area contributed by atoms with Crippen molar-refractivity contribution in [1.29, 1.82) is 0 Å². The molecule has 0 fully saturated rings. The minimum Gasteiger partial charge on any atom is -0.328 e. The Kier molecular flexibility index (Phi) is 5.10. The van der Waals surface area contributed by atoms with Gasteiger partial charge in [-0.25, -0.2) is 0 Å². The molecule has 0 amide bonds. The van der Waals surface area contributed by atoms with Crippen LogP contribution in [-0.2, 0) is 13.6 Å². The van der Waals surface area contributed by atoms with Gasteiger partial charge in [-0.05, 0) is 44.0 Å². The number of H-pyrrole nitrogens is 1. The summed E-state index contributed by atoms with van der Waals surface area (Å²) in [6, 6.07) is 0. The molecule has 0 aliphatic rings. The molecule has 106 valence electrons. The average Bonchev–Trinajstić information content (AvgIpc) is 2.83. The zero-order chi connectivity index (χ0) is 13.8. The molecule has 0 saturated heterocycles. The molecule has 0 spiro atoms. The van der Waals surface area contributed by atoms with E-state index in [1.165, 1.54) is 31.4 Å². The van der Waals surface area contributed by atoms with E-state index in [0.717, 1.165) is 28.2 Å². The van der Waals surface area contributed by atoms with Crippen LogP contribution >= 0.6 is 24.0 Å². The number of aromatic amines is 1. The minimum atomic E-state index is 0.815. The highest BCUT2D eigenvalue weighted by Crippen LogP contribution is 2.18. The van der Waals surface area contributed by atoms with Crippen molar-refractivity contribution < 1.29 is 0 Å². The SMILES string of the molecule is CSCCCCCCn1c(=S)[nH]c2c(C)nn(C)c21. The van der Waals surface area contributed by atoms with Crippen LogP contribution in [-0.4, -0.2) is 31.3 Å². The van der Waals surface area contributed by atoms with Crippen molar-refractivity contribution in [3.8, 4) is 0 Å². The molecule has 4 nitrogen and oxygen atoms in total. The second-order valence-corrected chi connectivity index (χ2v) is 6.27. The molecule has 19 heavy (non-hydrogen) atoms. The first kappa shape index (κ1) is 14.7. The molecule has 6 heteroatoms. The van der Waals surface area contributed by atoms with Gasteiger partial charge in [0.2, 0.25) is 0 Å². The first-order chi connectivity index (χ1) is 9.15. The highest BCUT2D eigenvalue weighted by molar-refractivity contribution is 7.98. The van der Waals surface area contributed by atoms with Crippen LogP contribution in [0.4, 0.5) is 0 Å². The number of hydrogen-bond acceptors (Lipinski definition) is 3. The topological polar surface area (TPSA) is 38.5 Å². The second-order valence-electron chi connectivity index (χ2n) is 4.90. The van der Waals surface area contributed by atoms with Crippen LogP contribution in [0.15, 0.2) is 0 Å². The summed E-state index contributed by atoms with van der Waals surface area (Å²) in [7, 11) is 1.98. The zero-order valence-electron chi connectivity index (χ0n) is 11.9. The normalized spacial score (nSPS) is 11.5. The summed E-state index contributed by atoms with van der Waals surface area (Å²) in [6.45, 7) is 3.00. The van der Waals surface area contributed by atoms with Gasteiger partial charge in [-0.3, -0.25) is 4.68 Å². The van der Waals surface area contributed by atoms with Crippen LogP contribution in [0.1, 0.15) is 31.4 Å². The van der Waals surface area contributed by atoms with Gasteiger partial charge in [-0.1, -0.05) is 12.8 Å². The molecular weight excluding hydrogens is 276 g/mol. The Labute approximate surface area is 123 Å². The van der Waals surface area contributed by atoms with Crippen molar-refractivity contribution in [1.82, 2.24) is 19.3 Å². The summed E-state index contributed by atoms with van der Waals surface area (Å²) in [5, 5.41) is 4.44. The van der Waals surface area contributed by atoms with Crippen LogP contribution in [0, 0.1) is 11.7 Å². The molecule has 0 saturated carbocycles. The predicted molar refractivity (Wildman–Crippen MR) is 85.5 cm³/mol. The van der Waals surface area contributed by atoms with Gasteiger partial charge in [0.25, 0.3) is 0 Å². The van der Waals surface area contributed by atoms with E-state index in [1.807, 2.05) is 30.4 Å². The fraction of sp³-hybridized carbons (Fsp3) is 0.692. The van der Waals surface area contributed by atoms with Crippen molar-refractivity contribution in [2.75, 3.05) is 12.0 Å². The van der Waals surface area contributed by atoms with E-state index in [1.54, 1.807) is 0 Å². The van der Waals surface area contributed by atoms with E-state index in [0.29, 0.717) is 0 Å². The monoisotopic (exact) mass is 298 g/mol. The number of aryl methyl sites for hydroxylation is 3. The average molecular weight is 298 g/mol. The number of aromatic nitrogens is 4. The van der Waals surface area contributed by atoms with Crippen LogP contribution in [0.3, 0.4) is 0 Å². The summed E-state index contributed by atoms with van der Waals surface area (Å²) in [4.78, 5) is 3.27. The molecule has 0 aliphatic heterocycles. The van der Waals surface area contributed by atoms with E-state index in [-0.39, 0.29) is 0 Å². The smallest absolute Gasteiger partial charge is 0.179 e. The lowest BCUT2D eigenvalue weighted by atomic mass is 10.2. The van der Waals surface area contributed by atoms with E-state index < -0.39 is 0 Å². The number of nitrogens with one attached hydrogen (secondary N) is 1. The van der Waals surface area contributed by atoms with Gasteiger partial charge in [0.15, 0.2) is 10.4 Å². The summed E-state index contributed by atoms with van der Waals surface area (Å²) >= 11 is 7.34. The number of fused-ring (bicyclic) bond motifs is 1. The standard InChI is InChI=1S/C13H22N4S2/c1-10-11-12(16(2)15-10)17(13(18)14-11)8-6-4-5-7-9-19-3/h4-9H2,1-3H3,(H,14,18). The van der Waals surface area contributed by atoms with Crippen molar-refractivity contribution >= 4 is 35.1 Å². The van der Waals surface area contributed by atoms with Crippen LogP contribution in [0.2, 0.25) is 0 Å². The molecular formula is C13H22N4S2. The fourth-order valence-corrected chi connectivity index (χ4v) is 3.22. The van der Waals surface area contributed by atoms with Gasteiger partial charge >= 0.3 is 0 Å². The molecule has 2 aromatic rings. The predicted octanol–water partition coefficient (Wildman–Crippen LogP) is 3.66. The molecule has 0 bridgehead atoms. The van der Waals surface area contributed by atoms with Crippen LogP contribution in [0.25, 0.3) is 11.2 Å². The number of hydrogen-bond donors (Lipinski definition) is 1. The number of thioether (sulfide) groups is 1. The fourth-order valence-electron chi connectivity index (χ4n) is 2.45. The third kappa shape index (κ3) is 3.23. The third-order valence-electron chi connectivity index (χ3n) is 3.40. The van der Waals surface area contributed by atoms with E-state index in [4.69, 9.17) is 12.2 Å². The van der Waals surface area contributed by atoms with Gasteiger partial charge < -0.3 is 9.55 Å². The Morgan fingerprint density at radius 3 is 2.74 bits per heavy atom. The lowest BCUT2D eigenvalue weighted by molar-refractivity contribution is 0.578. The number of imidazole rings is 1. The highest BCUT2D eigenvalue weighted by atomic mass is 32.2. The molecule has 2 heterocycles. The van der Waals surface area contributed by atoms with Gasteiger partial charge in [0, 0.05) is 13.6 Å². The largest absolute Gasteiger partial charge is 0.328 e. The Morgan fingerprint density at radius 1 is 1.26 bits per heavy atom. The maximum absolute atomic E-state index is 5.41. The third-order valence-corrected chi connectivity index (χ3v) is 4.42. The van der Waals surface area contributed by atoms with E-state index in [9.17, 15) is 0 Å². The first-order valence-electron chi connectivity index (χ1n) is 6.76. The number of rotatable bonds is 7. The van der Waals surface area contributed by atoms with Gasteiger partial charge in [-0.2, -0.15) is 16.9 Å².